The largest absolute Gasteiger partial charge is 0.379 e. The third-order valence-corrected chi connectivity index (χ3v) is 2.99. The summed E-state index contributed by atoms with van der Waals surface area (Å²) in [7, 11) is 5.99. The molecular formula is C12H28N2O. The van der Waals surface area contributed by atoms with Crippen molar-refractivity contribution in [2.24, 2.45) is 0 Å². The standard InChI is InChI=1S/C12H28N2O/c1-10(8-12(3,4)15-7)13-9-11(2)14(5)6/h10-11,13H,8-9H2,1-7H3. The van der Waals surface area contributed by atoms with Gasteiger partial charge >= 0.3 is 0 Å². The molecule has 2 unspecified atom stereocenters. The van der Waals surface area contributed by atoms with Crippen molar-refractivity contribution >= 4 is 0 Å². The normalized spacial score (nSPS) is 16.8. The zero-order valence-corrected chi connectivity index (χ0v) is 11.4. The van der Waals surface area contributed by atoms with E-state index in [1.54, 1.807) is 7.11 Å². The second kappa shape index (κ2) is 6.46. The number of nitrogens with one attached hydrogen (secondary N) is 1. The van der Waals surface area contributed by atoms with Crippen LogP contribution in [0, 0.1) is 0 Å². The predicted molar refractivity (Wildman–Crippen MR) is 66.3 cm³/mol. The van der Waals surface area contributed by atoms with E-state index in [0.29, 0.717) is 12.1 Å². The minimum atomic E-state index is -0.0340. The summed E-state index contributed by atoms with van der Waals surface area (Å²) in [5.41, 5.74) is -0.0340. The van der Waals surface area contributed by atoms with Gasteiger partial charge in [-0.15, -0.1) is 0 Å². The van der Waals surface area contributed by atoms with Crippen LogP contribution in [-0.2, 0) is 4.74 Å². The van der Waals surface area contributed by atoms with Crippen LogP contribution in [0.4, 0.5) is 0 Å². The van der Waals surface area contributed by atoms with Crippen LogP contribution < -0.4 is 5.32 Å². The van der Waals surface area contributed by atoms with E-state index in [0.717, 1.165) is 13.0 Å². The Morgan fingerprint density at radius 1 is 1.27 bits per heavy atom. The second-order valence-electron chi connectivity index (χ2n) is 5.29. The lowest BCUT2D eigenvalue weighted by Gasteiger charge is -2.29. The van der Waals surface area contributed by atoms with Crippen molar-refractivity contribution in [1.29, 1.82) is 0 Å². The second-order valence-corrected chi connectivity index (χ2v) is 5.29. The number of likely N-dealkylation sites (N-methyl/N-ethyl adjacent to an activating group) is 1. The fraction of sp³-hybridized carbons (Fsp3) is 1.00. The van der Waals surface area contributed by atoms with Gasteiger partial charge in [0.1, 0.15) is 0 Å². The molecule has 0 bridgehead atoms. The van der Waals surface area contributed by atoms with Gasteiger partial charge in [-0.25, -0.2) is 0 Å². The van der Waals surface area contributed by atoms with Crippen LogP contribution >= 0.6 is 0 Å². The van der Waals surface area contributed by atoms with Gasteiger partial charge in [0, 0.05) is 25.7 Å². The van der Waals surface area contributed by atoms with Gasteiger partial charge in [0.2, 0.25) is 0 Å². The summed E-state index contributed by atoms with van der Waals surface area (Å²) in [6.07, 6.45) is 1.03. The highest BCUT2D eigenvalue weighted by Gasteiger charge is 2.20. The van der Waals surface area contributed by atoms with E-state index in [1.165, 1.54) is 0 Å². The number of rotatable bonds is 7. The number of nitrogens with zero attached hydrogens (tertiary/aromatic N) is 1. The maximum Gasteiger partial charge on any atom is 0.0637 e. The Bertz CT molecular complexity index is 169. The van der Waals surface area contributed by atoms with Gasteiger partial charge in [-0.2, -0.15) is 0 Å². The highest BCUT2D eigenvalue weighted by Crippen LogP contribution is 2.15. The molecule has 0 radical (unpaired) electrons. The molecule has 0 aromatic rings. The van der Waals surface area contributed by atoms with Gasteiger partial charge in [-0.1, -0.05) is 0 Å². The first-order valence-electron chi connectivity index (χ1n) is 5.73. The molecule has 3 nitrogen and oxygen atoms in total. The van der Waals surface area contributed by atoms with Gasteiger partial charge in [0.05, 0.1) is 5.60 Å². The van der Waals surface area contributed by atoms with E-state index in [9.17, 15) is 0 Å². The van der Waals surface area contributed by atoms with Gasteiger partial charge in [0.25, 0.3) is 0 Å². The zero-order chi connectivity index (χ0) is 12.1. The van der Waals surface area contributed by atoms with Crippen LogP contribution in [-0.4, -0.2) is 50.3 Å². The molecule has 0 amide bonds. The molecule has 92 valence electrons. The van der Waals surface area contributed by atoms with E-state index in [1.807, 2.05) is 0 Å². The third kappa shape index (κ3) is 6.88. The van der Waals surface area contributed by atoms with Crippen molar-refractivity contribution in [2.45, 2.75) is 51.8 Å². The van der Waals surface area contributed by atoms with E-state index >= 15 is 0 Å². The highest BCUT2D eigenvalue weighted by molar-refractivity contribution is 4.76. The van der Waals surface area contributed by atoms with Gasteiger partial charge in [-0.3, -0.25) is 0 Å². The Kier molecular flexibility index (Phi) is 6.41. The Labute approximate surface area is 95.2 Å². The monoisotopic (exact) mass is 216 g/mol. The lowest BCUT2D eigenvalue weighted by molar-refractivity contribution is 0.00824. The summed E-state index contributed by atoms with van der Waals surface area (Å²) in [5.74, 6) is 0. The summed E-state index contributed by atoms with van der Waals surface area (Å²) in [6, 6.07) is 1.06. The van der Waals surface area contributed by atoms with Crippen LogP contribution in [0.2, 0.25) is 0 Å². The average Bonchev–Trinajstić information content (AvgIpc) is 2.13. The molecule has 0 saturated heterocycles. The number of ether oxygens (including phenoxy) is 1. The third-order valence-electron chi connectivity index (χ3n) is 2.99. The van der Waals surface area contributed by atoms with E-state index in [4.69, 9.17) is 4.74 Å². The molecule has 0 saturated carbocycles. The Morgan fingerprint density at radius 2 is 1.80 bits per heavy atom. The first-order valence-corrected chi connectivity index (χ1v) is 5.73. The molecule has 0 aromatic heterocycles. The van der Waals surface area contributed by atoms with E-state index in [2.05, 4.69) is 52.0 Å². The first kappa shape index (κ1) is 14.9. The fourth-order valence-corrected chi connectivity index (χ4v) is 1.45. The fourth-order valence-electron chi connectivity index (χ4n) is 1.45. The molecule has 3 heteroatoms. The predicted octanol–water partition coefficient (Wildman–Crippen LogP) is 1.73. The van der Waals surface area contributed by atoms with Crippen LogP contribution in [0.15, 0.2) is 0 Å². The molecule has 0 rings (SSSR count). The van der Waals surface area contributed by atoms with Gasteiger partial charge in [0.15, 0.2) is 0 Å². The van der Waals surface area contributed by atoms with E-state index in [-0.39, 0.29) is 5.60 Å². The van der Waals surface area contributed by atoms with E-state index < -0.39 is 0 Å². The maximum atomic E-state index is 5.41. The quantitative estimate of drug-likeness (QED) is 0.701. The average molecular weight is 216 g/mol. The molecule has 0 aliphatic rings. The Hall–Kier alpha value is -0.120. The molecule has 0 spiro atoms. The summed E-state index contributed by atoms with van der Waals surface area (Å²) < 4.78 is 5.41. The molecule has 1 N–H and O–H groups in total. The lowest BCUT2D eigenvalue weighted by Crippen LogP contribution is -2.42. The van der Waals surface area contributed by atoms with Crippen molar-refractivity contribution in [3.8, 4) is 0 Å². The van der Waals surface area contributed by atoms with Gasteiger partial charge < -0.3 is 15.0 Å². The number of methoxy groups -OCH3 is 1. The van der Waals surface area contributed by atoms with Crippen LogP contribution in [0.5, 0.6) is 0 Å². The summed E-state index contributed by atoms with van der Waals surface area (Å²) in [4.78, 5) is 2.22. The molecule has 0 aliphatic heterocycles. The maximum absolute atomic E-state index is 5.41. The lowest BCUT2D eigenvalue weighted by atomic mass is 10.00. The van der Waals surface area contributed by atoms with Crippen molar-refractivity contribution in [2.75, 3.05) is 27.7 Å². The summed E-state index contributed by atoms with van der Waals surface area (Å²) in [5, 5.41) is 3.53. The molecule has 15 heavy (non-hydrogen) atoms. The molecule has 0 heterocycles. The number of hydrogen-bond acceptors (Lipinski definition) is 3. The minimum Gasteiger partial charge on any atom is -0.379 e. The highest BCUT2D eigenvalue weighted by atomic mass is 16.5. The summed E-state index contributed by atoms with van der Waals surface area (Å²) in [6.45, 7) is 9.71. The SMILES string of the molecule is COC(C)(C)CC(C)NCC(C)N(C)C. The minimum absolute atomic E-state index is 0.0340. The molecule has 2 atom stereocenters. The van der Waals surface area contributed by atoms with Crippen molar-refractivity contribution in [3.05, 3.63) is 0 Å². The topological polar surface area (TPSA) is 24.5 Å². The Morgan fingerprint density at radius 3 is 2.20 bits per heavy atom. The van der Waals surface area contributed by atoms with Crippen molar-refractivity contribution in [1.82, 2.24) is 10.2 Å². The van der Waals surface area contributed by atoms with Crippen LogP contribution in [0.3, 0.4) is 0 Å². The van der Waals surface area contributed by atoms with Crippen LogP contribution in [0.25, 0.3) is 0 Å². The van der Waals surface area contributed by atoms with Gasteiger partial charge in [-0.05, 0) is 48.2 Å². The first-order chi connectivity index (χ1) is 6.78. The molecule has 0 aliphatic carbocycles. The Balaban J connectivity index is 3.80. The number of hydrogen-bond donors (Lipinski definition) is 1. The van der Waals surface area contributed by atoms with Crippen molar-refractivity contribution < 1.29 is 4.74 Å². The van der Waals surface area contributed by atoms with Crippen LogP contribution in [0.1, 0.15) is 34.1 Å². The molecular weight excluding hydrogens is 188 g/mol. The summed E-state index contributed by atoms with van der Waals surface area (Å²) >= 11 is 0. The molecule has 0 fully saturated rings. The smallest absolute Gasteiger partial charge is 0.0637 e. The molecule has 0 aromatic carbocycles. The van der Waals surface area contributed by atoms with Crippen molar-refractivity contribution in [3.63, 3.8) is 0 Å². The zero-order valence-electron chi connectivity index (χ0n) is 11.4.